The van der Waals surface area contributed by atoms with E-state index in [1.165, 1.54) is 6.42 Å². The number of hydrogen-bond acceptors (Lipinski definition) is 8. The minimum absolute atomic E-state index is 0.0989. The van der Waals surface area contributed by atoms with Crippen LogP contribution in [-0.2, 0) is 23.7 Å². The van der Waals surface area contributed by atoms with Crippen molar-refractivity contribution < 1.29 is 38.7 Å². The summed E-state index contributed by atoms with van der Waals surface area (Å²) < 4.78 is 22.2. The number of fused-ring (bicyclic) bond motifs is 5. The van der Waals surface area contributed by atoms with E-state index in [9.17, 15) is 19.8 Å². The lowest BCUT2D eigenvalue weighted by atomic mass is 9.76. The molecule has 2 N–H and O–H groups in total. The van der Waals surface area contributed by atoms with Gasteiger partial charge in [0.25, 0.3) is 0 Å². The topological polar surface area (TPSA) is 112 Å². The summed E-state index contributed by atoms with van der Waals surface area (Å²) >= 11 is 0. The minimum Gasteiger partial charge on any atom is -0.459 e. The quantitative estimate of drug-likeness (QED) is 0.142. The van der Waals surface area contributed by atoms with Crippen molar-refractivity contribution in [3.05, 3.63) is 77.9 Å². The third-order valence-electron chi connectivity index (χ3n) is 9.44. The number of carbonyl (C=O) groups is 2. The van der Waals surface area contributed by atoms with Gasteiger partial charge in [-0.15, -0.1) is 0 Å². The Morgan fingerprint density at radius 2 is 1.50 bits per heavy atom. The SMILES string of the molecule is C=C/C(C)=C/C=C(\C)C(=O)OCC(O)COCC1CC2CC1C1CC(COCC(O)COC(=O)c3ccc(C=C)cc3)CC21. The van der Waals surface area contributed by atoms with Crippen molar-refractivity contribution in [2.75, 3.05) is 39.6 Å². The molecule has 0 spiro atoms. The fourth-order valence-corrected chi connectivity index (χ4v) is 7.16. The number of allylic oxidation sites excluding steroid dienone is 4. The van der Waals surface area contributed by atoms with Crippen LogP contribution in [0.1, 0.15) is 55.5 Å². The lowest BCUT2D eigenvalue weighted by Crippen LogP contribution is -2.30. The maximum Gasteiger partial charge on any atom is 0.338 e. The van der Waals surface area contributed by atoms with Gasteiger partial charge in [-0.2, -0.15) is 0 Å². The summed E-state index contributed by atoms with van der Waals surface area (Å²) in [6.45, 7) is 12.2. The first-order chi connectivity index (χ1) is 21.2. The van der Waals surface area contributed by atoms with Gasteiger partial charge in [0, 0.05) is 18.8 Å². The first-order valence-electron chi connectivity index (χ1n) is 15.7. The summed E-state index contributed by atoms with van der Waals surface area (Å²) in [4.78, 5) is 24.3. The summed E-state index contributed by atoms with van der Waals surface area (Å²) in [7, 11) is 0. The second-order valence-electron chi connectivity index (χ2n) is 12.7. The van der Waals surface area contributed by atoms with E-state index < -0.39 is 24.1 Å². The molecule has 0 heterocycles. The van der Waals surface area contributed by atoms with Crippen molar-refractivity contribution in [2.24, 2.45) is 35.5 Å². The van der Waals surface area contributed by atoms with Gasteiger partial charge in [-0.25, -0.2) is 9.59 Å². The molecule has 4 rings (SSSR count). The molecule has 3 aliphatic rings. The monoisotopic (exact) mass is 608 g/mol. The fourth-order valence-electron chi connectivity index (χ4n) is 7.16. The first kappa shape index (κ1) is 33.8. The van der Waals surface area contributed by atoms with Crippen molar-refractivity contribution in [3.63, 3.8) is 0 Å². The van der Waals surface area contributed by atoms with Gasteiger partial charge in [-0.3, -0.25) is 0 Å². The average molecular weight is 609 g/mol. The highest BCUT2D eigenvalue weighted by Gasteiger charge is 2.55. The van der Waals surface area contributed by atoms with Gasteiger partial charge >= 0.3 is 11.9 Å². The standard InChI is InChI=1S/C36H48O8/c1-5-23(3)7-8-24(4)35(39)43-21-31(38)20-42-18-29-15-28-16-33(29)34-14-26(13-32(28)34)17-41-19-30(37)22-44-36(40)27-11-9-25(6-2)10-12-27/h5-12,26,28-34,37-38H,1-2,13-22H2,3-4H3/b23-7+,24-8+. The predicted octanol–water partition coefficient (Wildman–Crippen LogP) is 5.16. The van der Waals surface area contributed by atoms with Gasteiger partial charge < -0.3 is 29.2 Å². The molecule has 0 radical (unpaired) electrons. The van der Waals surface area contributed by atoms with Crippen molar-refractivity contribution >= 4 is 18.0 Å². The van der Waals surface area contributed by atoms with Crippen molar-refractivity contribution in [1.82, 2.24) is 0 Å². The molecule has 0 aliphatic heterocycles. The van der Waals surface area contributed by atoms with Crippen LogP contribution in [0, 0.1) is 35.5 Å². The molecule has 8 unspecified atom stereocenters. The van der Waals surface area contributed by atoms with Gasteiger partial charge in [0.2, 0.25) is 0 Å². The Hall–Kier alpha value is -3.04. The first-order valence-corrected chi connectivity index (χ1v) is 15.7. The molecular weight excluding hydrogens is 560 g/mol. The maximum atomic E-state index is 12.2. The smallest absolute Gasteiger partial charge is 0.338 e. The van der Waals surface area contributed by atoms with E-state index in [1.54, 1.807) is 55.5 Å². The molecule has 2 bridgehead atoms. The number of aliphatic hydroxyl groups is 2. The Morgan fingerprint density at radius 1 is 0.841 bits per heavy atom. The van der Waals surface area contributed by atoms with Gasteiger partial charge in [0.1, 0.15) is 25.4 Å². The van der Waals surface area contributed by atoms with Crippen LogP contribution in [0.5, 0.6) is 0 Å². The van der Waals surface area contributed by atoms with Gasteiger partial charge in [0.15, 0.2) is 0 Å². The van der Waals surface area contributed by atoms with Crippen molar-refractivity contribution in [2.45, 2.75) is 51.7 Å². The van der Waals surface area contributed by atoms with Crippen molar-refractivity contribution in [3.8, 4) is 0 Å². The third kappa shape index (κ3) is 9.24. The van der Waals surface area contributed by atoms with Crippen LogP contribution in [0.2, 0.25) is 0 Å². The molecule has 3 aliphatic carbocycles. The summed E-state index contributed by atoms with van der Waals surface area (Å²) in [5.41, 5.74) is 2.75. The van der Waals surface area contributed by atoms with Gasteiger partial charge in [-0.05, 0) is 92.7 Å². The maximum absolute atomic E-state index is 12.2. The molecule has 8 nitrogen and oxygen atoms in total. The molecule has 0 aromatic heterocycles. The zero-order valence-electron chi connectivity index (χ0n) is 26.1. The molecule has 3 fully saturated rings. The number of hydrogen-bond donors (Lipinski definition) is 2. The molecule has 240 valence electrons. The third-order valence-corrected chi connectivity index (χ3v) is 9.44. The number of aliphatic hydroxyl groups excluding tert-OH is 2. The van der Waals surface area contributed by atoms with Crippen molar-refractivity contribution in [1.29, 1.82) is 0 Å². The second-order valence-corrected chi connectivity index (χ2v) is 12.7. The molecule has 0 amide bonds. The highest BCUT2D eigenvalue weighted by atomic mass is 16.6. The van der Waals surface area contributed by atoms with Gasteiger partial charge in [-0.1, -0.05) is 55.2 Å². The number of rotatable bonds is 17. The Labute approximate surface area is 261 Å². The molecule has 1 aromatic rings. The normalized spacial score (nSPS) is 27.5. The van der Waals surface area contributed by atoms with Crippen LogP contribution in [-0.4, -0.2) is 74.0 Å². The fraction of sp³-hybridized carbons (Fsp3) is 0.556. The van der Waals surface area contributed by atoms with Crippen LogP contribution >= 0.6 is 0 Å². The van der Waals surface area contributed by atoms with E-state index >= 15 is 0 Å². The molecule has 8 heteroatoms. The summed E-state index contributed by atoms with van der Waals surface area (Å²) in [6.07, 6.45) is 9.85. The van der Waals surface area contributed by atoms with E-state index in [0.717, 1.165) is 36.3 Å². The molecule has 3 saturated carbocycles. The summed E-state index contributed by atoms with van der Waals surface area (Å²) in [5, 5.41) is 20.5. The molecular formula is C36H48O8. The number of benzene rings is 1. The zero-order chi connectivity index (χ0) is 31.6. The number of esters is 2. The van der Waals surface area contributed by atoms with E-state index in [-0.39, 0.29) is 26.4 Å². The van der Waals surface area contributed by atoms with Crippen LogP contribution in [0.4, 0.5) is 0 Å². The lowest BCUT2D eigenvalue weighted by Gasteiger charge is -2.31. The van der Waals surface area contributed by atoms with Crippen LogP contribution in [0.3, 0.4) is 0 Å². The molecule has 8 atom stereocenters. The molecule has 1 aromatic carbocycles. The summed E-state index contributed by atoms with van der Waals surface area (Å²) in [6, 6.07) is 6.94. The largest absolute Gasteiger partial charge is 0.459 e. The number of carbonyl (C=O) groups excluding carboxylic acids is 2. The van der Waals surface area contributed by atoms with E-state index in [0.29, 0.717) is 53.9 Å². The highest BCUT2D eigenvalue weighted by Crippen LogP contribution is 2.62. The Balaban J connectivity index is 1.09. The lowest BCUT2D eigenvalue weighted by molar-refractivity contribution is -0.143. The minimum atomic E-state index is -0.867. The Morgan fingerprint density at radius 3 is 2.18 bits per heavy atom. The van der Waals surface area contributed by atoms with Crippen LogP contribution in [0.25, 0.3) is 6.08 Å². The van der Waals surface area contributed by atoms with Gasteiger partial charge in [0.05, 0.1) is 18.8 Å². The number of ether oxygens (including phenoxy) is 4. The Kier molecular flexibility index (Phi) is 12.6. The average Bonchev–Trinajstić information content (AvgIpc) is 3.73. The summed E-state index contributed by atoms with van der Waals surface area (Å²) in [5.74, 6) is 2.79. The molecule has 44 heavy (non-hydrogen) atoms. The zero-order valence-corrected chi connectivity index (χ0v) is 26.1. The molecule has 0 saturated heterocycles. The Bertz CT molecular complexity index is 1200. The predicted molar refractivity (Wildman–Crippen MR) is 169 cm³/mol. The second kappa shape index (κ2) is 16.3. The van der Waals surface area contributed by atoms with E-state index in [4.69, 9.17) is 18.9 Å². The van der Waals surface area contributed by atoms with Crippen LogP contribution in [0.15, 0.2) is 66.8 Å². The highest BCUT2D eigenvalue weighted by molar-refractivity contribution is 5.89. The van der Waals surface area contributed by atoms with E-state index in [1.807, 2.05) is 6.92 Å². The van der Waals surface area contributed by atoms with E-state index in [2.05, 4.69) is 13.2 Å². The van der Waals surface area contributed by atoms with Crippen LogP contribution < -0.4 is 0 Å².